The number of nitrogens with one attached hydrogen (secondary N) is 1. The lowest BCUT2D eigenvalue weighted by Crippen LogP contribution is -2.09. The van der Waals surface area contributed by atoms with Gasteiger partial charge in [-0.1, -0.05) is 6.07 Å². The van der Waals surface area contributed by atoms with E-state index in [1.165, 1.54) is 10.9 Å². The van der Waals surface area contributed by atoms with Gasteiger partial charge in [0.05, 0.1) is 16.7 Å². The van der Waals surface area contributed by atoms with Crippen molar-refractivity contribution in [1.29, 1.82) is 0 Å². The highest BCUT2D eigenvalue weighted by Crippen LogP contribution is 2.27. The topological polar surface area (TPSA) is 24.9 Å². The number of halogens is 1. The lowest BCUT2D eigenvalue weighted by atomic mass is 10.1. The number of hydrogen-bond donors (Lipinski definition) is 1. The maximum Gasteiger partial charge on any atom is 0.128 e. The Hall–Kier alpha value is -1.42. The first-order valence-corrected chi connectivity index (χ1v) is 6.76. The zero-order valence-electron chi connectivity index (χ0n) is 11.0. The fraction of sp³-hybridized carbons (Fsp3) is 0.357. The highest BCUT2D eigenvalue weighted by molar-refractivity contribution is 7.11. The number of thiazole rings is 1. The number of aryl methyl sites for hydroxylation is 2. The van der Waals surface area contributed by atoms with Gasteiger partial charge in [0.1, 0.15) is 5.82 Å². The van der Waals surface area contributed by atoms with E-state index in [-0.39, 0.29) is 11.9 Å². The van der Waals surface area contributed by atoms with E-state index >= 15 is 0 Å². The van der Waals surface area contributed by atoms with Crippen LogP contribution in [0.2, 0.25) is 0 Å². The van der Waals surface area contributed by atoms with Crippen LogP contribution in [0.4, 0.5) is 10.1 Å². The molecule has 2 aromatic rings. The number of aromatic nitrogens is 1. The Morgan fingerprint density at radius 2 is 2.00 bits per heavy atom. The molecule has 0 aliphatic carbocycles. The summed E-state index contributed by atoms with van der Waals surface area (Å²) in [5.74, 6) is -0.182. The van der Waals surface area contributed by atoms with Gasteiger partial charge in [0.2, 0.25) is 0 Å². The van der Waals surface area contributed by atoms with E-state index in [9.17, 15) is 4.39 Å². The van der Waals surface area contributed by atoms with Crippen molar-refractivity contribution in [2.75, 3.05) is 5.32 Å². The Labute approximate surface area is 111 Å². The summed E-state index contributed by atoms with van der Waals surface area (Å²) in [6, 6.07) is 5.17. The van der Waals surface area contributed by atoms with Crippen LogP contribution in [0.15, 0.2) is 18.2 Å². The van der Waals surface area contributed by atoms with Crippen molar-refractivity contribution >= 4 is 17.0 Å². The first kappa shape index (κ1) is 13.0. The summed E-state index contributed by atoms with van der Waals surface area (Å²) in [7, 11) is 0. The first-order chi connectivity index (χ1) is 8.49. The Kier molecular flexibility index (Phi) is 3.66. The molecule has 0 bridgehead atoms. The predicted molar refractivity (Wildman–Crippen MR) is 74.8 cm³/mol. The van der Waals surface area contributed by atoms with Crippen LogP contribution in [-0.2, 0) is 0 Å². The van der Waals surface area contributed by atoms with Crippen molar-refractivity contribution in [3.63, 3.8) is 0 Å². The van der Waals surface area contributed by atoms with Crippen LogP contribution in [0.1, 0.15) is 34.1 Å². The summed E-state index contributed by atoms with van der Waals surface area (Å²) < 4.78 is 13.5. The molecule has 1 aromatic carbocycles. The van der Waals surface area contributed by atoms with Crippen molar-refractivity contribution in [2.24, 2.45) is 0 Å². The van der Waals surface area contributed by atoms with Gasteiger partial charge in [-0.3, -0.25) is 0 Å². The summed E-state index contributed by atoms with van der Waals surface area (Å²) in [6.45, 7) is 7.90. The molecule has 1 N–H and O–H groups in total. The van der Waals surface area contributed by atoms with Gasteiger partial charge < -0.3 is 5.32 Å². The van der Waals surface area contributed by atoms with Crippen LogP contribution >= 0.6 is 11.3 Å². The molecular formula is C14H17FN2S. The lowest BCUT2D eigenvalue weighted by molar-refractivity contribution is 0.618. The zero-order chi connectivity index (χ0) is 13.3. The first-order valence-electron chi connectivity index (χ1n) is 5.94. The number of hydrogen-bond acceptors (Lipinski definition) is 3. The molecule has 1 unspecified atom stereocenters. The standard InChI is InChI=1S/C14H17FN2S/c1-8-12(15)6-5-7-13(8)16-9(2)14-10(3)18-11(4)17-14/h5-7,9,16H,1-4H3. The zero-order valence-corrected chi connectivity index (χ0v) is 11.9. The SMILES string of the molecule is Cc1nc(C(C)Nc2cccc(F)c2C)c(C)s1. The monoisotopic (exact) mass is 264 g/mol. The molecule has 0 saturated carbocycles. The van der Waals surface area contributed by atoms with E-state index in [4.69, 9.17) is 0 Å². The van der Waals surface area contributed by atoms with Gasteiger partial charge in [-0.15, -0.1) is 11.3 Å². The van der Waals surface area contributed by atoms with Crippen molar-refractivity contribution < 1.29 is 4.39 Å². The van der Waals surface area contributed by atoms with E-state index in [1.54, 1.807) is 24.3 Å². The Morgan fingerprint density at radius 1 is 1.28 bits per heavy atom. The van der Waals surface area contributed by atoms with Crippen LogP contribution in [0, 0.1) is 26.6 Å². The average molecular weight is 264 g/mol. The van der Waals surface area contributed by atoms with E-state index < -0.39 is 0 Å². The molecule has 0 radical (unpaired) electrons. The van der Waals surface area contributed by atoms with E-state index in [0.717, 1.165) is 16.4 Å². The van der Waals surface area contributed by atoms with E-state index in [0.29, 0.717) is 5.56 Å². The predicted octanol–water partition coefficient (Wildman–Crippen LogP) is 4.38. The second-order valence-corrected chi connectivity index (χ2v) is 5.86. The molecule has 96 valence electrons. The second kappa shape index (κ2) is 5.06. The highest BCUT2D eigenvalue weighted by atomic mass is 32.1. The Morgan fingerprint density at radius 3 is 2.61 bits per heavy atom. The van der Waals surface area contributed by atoms with Crippen molar-refractivity contribution in [1.82, 2.24) is 4.98 Å². The average Bonchev–Trinajstić information content (AvgIpc) is 2.64. The van der Waals surface area contributed by atoms with Gasteiger partial charge in [0.15, 0.2) is 0 Å². The quantitative estimate of drug-likeness (QED) is 0.889. The Balaban J connectivity index is 2.24. The van der Waals surface area contributed by atoms with Crippen molar-refractivity contribution in [3.05, 3.63) is 45.2 Å². The number of benzene rings is 1. The van der Waals surface area contributed by atoms with Crippen LogP contribution < -0.4 is 5.32 Å². The van der Waals surface area contributed by atoms with Gasteiger partial charge in [-0.25, -0.2) is 9.37 Å². The maximum absolute atomic E-state index is 13.5. The number of nitrogens with zero attached hydrogens (tertiary/aromatic N) is 1. The van der Waals surface area contributed by atoms with Gasteiger partial charge >= 0.3 is 0 Å². The molecule has 0 saturated heterocycles. The number of anilines is 1. The summed E-state index contributed by atoms with van der Waals surface area (Å²) in [4.78, 5) is 5.73. The van der Waals surface area contributed by atoms with Crippen LogP contribution in [0.25, 0.3) is 0 Å². The van der Waals surface area contributed by atoms with Crippen LogP contribution in [-0.4, -0.2) is 4.98 Å². The third kappa shape index (κ3) is 2.53. The minimum absolute atomic E-state index is 0.0791. The van der Waals surface area contributed by atoms with E-state index in [1.807, 2.05) is 19.9 Å². The van der Waals surface area contributed by atoms with Gasteiger partial charge in [0.25, 0.3) is 0 Å². The van der Waals surface area contributed by atoms with Crippen LogP contribution in [0.5, 0.6) is 0 Å². The molecule has 0 amide bonds. The minimum Gasteiger partial charge on any atom is -0.377 e. The summed E-state index contributed by atoms with van der Waals surface area (Å²) in [5, 5.41) is 4.39. The summed E-state index contributed by atoms with van der Waals surface area (Å²) in [6.07, 6.45) is 0. The molecule has 0 spiro atoms. The molecule has 4 heteroatoms. The van der Waals surface area contributed by atoms with Gasteiger partial charge in [-0.05, 0) is 39.8 Å². The fourth-order valence-electron chi connectivity index (χ4n) is 2.01. The smallest absolute Gasteiger partial charge is 0.128 e. The number of rotatable bonds is 3. The molecule has 0 fully saturated rings. The normalized spacial score (nSPS) is 12.5. The highest BCUT2D eigenvalue weighted by Gasteiger charge is 2.14. The second-order valence-electron chi connectivity index (χ2n) is 4.45. The third-order valence-electron chi connectivity index (χ3n) is 2.99. The van der Waals surface area contributed by atoms with Crippen molar-refractivity contribution in [3.8, 4) is 0 Å². The lowest BCUT2D eigenvalue weighted by Gasteiger charge is -2.16. The molecule has 1 aromatic heterocycles. The molecule has 2 nitrogen and oxygen atoms in total. The molecular weight excluding hydrogens is 247 g/mol. The molecule has 0 aliphatic heterocycles. The molecule has 1 heterocycles. The van der Waals surface area contributed by atoms with Crippen molar-refractivity contribution in [2.45, 2.75) is 33.7 Å². The maximum atomic E-state index is 13.5. The van der Waals surface area contributed by atoms with Crippen LogP contribution in [0.3, 0.4) is 0 Å². The summed E-state index contributed by atoms with van der Waals surface area (Å²) >= 11 is 1.69. The summed E-state index contributed by atoms with van der Waals surface area (Å²) in [5.41, 5.74) is 2.52. The van der Waals surface area contributed by atoms with Gasteiger partial charge in [0, 0.05) is 16.1 Å². The van der Waals surface area contributed by atoms with Gasteiger partial charge in [-0.2, -0.15) is 0 Å². The fourth-order valence-corrected chi connectivity index (χ4v) is 2.93. The molecule has 0 aliphatic rings. The largest absolute Gasteiger partial charge is 0.377 e. The molecule has 18 heavy (non-hydrogen) atoms. The Bertz CT molecular complexity index is 563. The molecule has 2 rings (SSSR count). The third-order valence-corrected chi connectivity index (χ3v) is 3.89. The molecule has 1 atom stereocenters. The van der Waals surface area contributed by atoms with E-state index in [2.05, 4.69) is 17.2 Å². The minimum atomic E-state index is -0.182.